The molecule has 2 N–H and O–H groups in total. The Morgan fingerprint density at radius 1 is 1.35 bits per heavy atom. The number of allylic oxidation sites excluding steroid dienone is 2. The van der Waals surface area contributed by atoms with Gasteiger partial charge < -0.3 is 10.6 Å². The van der Waals surface area contributed by atoms with Gasteiger partial charge in [0.15, 0.2) is 5.96 Å². The monoisotopic (exact) mass is 367 g/mol. The Morgan fingerprint density at radius 3 is 2.76 bits per heavy atom. The molecule has 98 valence electrons. The molecule has 1 aliphatic heterocycles. The molecule has 17 heavy (non-hydrogen) atoms. The normalized spacial score (nSPS) is 25.5. The molecule has 1 unspecified atom stereocenters. The average Bonchev–Trinajstić information content (AvgIpc) is 2.38. The van der Waals surface area contributed by atoms with Crippen LogP contribution in [0.25, 0.3) is 0 Å². The minimum absolute atomic E-state index is 0. The Kier molecular flexibility index (Phi) is 7.34. The molecule has 3 nitrogen and oxygen atoms in total. The van der Waals surface area contributed by atoms with Crippen LogP contribution in [-0.2, 0) is 0 Å². The number of guanidine groups is 1. The molecule has 0 aromatic heterocycles. The summed E-state index contributed by atoms with van der Waals surface area (Å²) in [7, 11) is 0. The van der Waals surface area contributed by atoms with Gasteiger partial charge in [0.25, 0.3) is 0 Å². The molecule has 0 amide bonds. The van der Waals surface area contributed by atoms with Gasteiger partial charge in [0.2, 0.25) is 0 Å². The zero-order chi connectivity index (χ0) is 11.2. The van der Waals surface area contributed by atoms with Gasteiger partial charge in [0.1, 0.15) is 0 Å². The van der Waals surface area contributed by atoms with Crippen molar-refractivity contribution in [2.75, 3.05) is 31.1 Å². The molecule has 1 heterocycles. The van der Waals surface area contributed by atoms with Gasteiger partial charge in [-0.15, -0.1) is 24.0 Å². The minimum Gasteiger partial charge on any atom is -0.370 e. The number of thioether (sulfide) groups is 1. The molecule has 1 fully saturated rings. The molecule has 5 heteroatoms. The fourth-order valence-corrected chi connectivity index (χ4v) is 3.04. The molecular formula is C12H22IN3S. The van der Waals surface area contributed by atoms with E-state index in [1.165, 1.54) is 30.8 Å². The van der Waals surface area contributed by atoms with Crippen molar-refractivity contribution >= 4 is 41.7 Å². The maximum atomic E-state index is 6.01. The first kappa shape index (κ1) is 15.1. The van der Waals surface area contributed by atoms with Crippen molar-refractivity contribution in [1.29, 1.82) is 0 Å². The summed E-state index contributed by atoms with van der Waals surface area (Å²) in [6.07, 6.45) is 8.19. The first-order chi connectivity index (χ1) is 7.86. The lowest BCUT2D eigenvalue weighted by Gasteiger charge is -2.27. The Hall–Kier alpha value is 0.0900. The molecule has 2 aliphatic rings. The lowest BCUT2D eigenvalue weighted by molar-refractivity contribution is 0.445. The zero-order valence-corrected chi connectivity index (χ0v) is 13.3. The van der Waals surface area contributed by atoms with Crippen LogP contribution >= 0.6 is 35.7 Å². The van der Waals surface area contributed by atoms with Crippen molar-refractivity contribution in [2.45, 2.75) is 19.3 Å². The van der Waals surface area contributed by atoms with Gasteiger partial charge in [-0.1, -0.05) is 12.2 Å². The van der Waals surface area contributed by atoms with Crippen molar-refractivity contribution in [3.63, 3.8) is 0 Å². The van der Waals surface area contributed by atoms with Crippen molar-refractivity contribution in [3.05, 3.63) is 12.2 Å². The van der Waals surface area contributed by atoms with Crippen molar-refractivity contribution in [1.82, 2.24) is 4.90 Å². The number of halogens is 1. The number of hydrogen-bond acceptors (Lipinski definition) is 2. The van der Waals surface area contributed by atoms with Crippen molar-refractivity contribution < 1.29 is 0 Å². The summed E-state index contributed by atoms with van der Waals surface area (Å²) in [4.78, 5) is 6.77. The maximum absolute atomic E-state index is 6.01. The van der Waals surface area contributed by atoms with E-state index < -0.39 is 0 Å². The highest BCUT2D eigenvalue weighted by Crippen LogP contribution is 2.18. The molecule has 1 saturated heterocycles. The largest absolute Gasteiger partial charge is 0.370 e. The second-order valence-electron chi connectivity index (χ2n) is 4.45. The number of rotatable bonds is 2. The summed E-state index contributed by atoms with van der Waals surface area (Å²) in [5.74, 6) is 3.84. The third-order valence-electron chi connectivity index (χ3n) is 3.22. The van der Waals surface area contributed by atoms with E-state index in [4.69, 9.17) is 5.73 Å². The van der Waals surface area contributed by atoms with Crippen molar-refractivity contribution in [2.24, 2.45) is 16.6 Å². The Balaban J connectivity index is 0.00000144. The quantitative estimate of drug-likeness (QED) is 0.353. The first-order valence-corrected chi connectivity index (χ1v) is 7.29. The molecule has 0 radical (unpaired) electrons. The fourth-order valence-electron chi connectivity index (χ4n) is 2.14. The van der Waals surface area contributed by atoms with Gasteiger partial charge >= 0.3 is 0 Å². The van der Waals surface area contributed by atoms with E-state index in [1.54, 1.807) is 0 Å². The molecular weight excluding hydrogens is 345 g/mol. The smallest absolute Gasteiger partial charge is 0.191 e. The molecule has 0 bridgehead atoms. The van der Waals surface area contributed by atoms with E-state index in [0.717, 1.165) is 25.6 Å². The van der Waals surface area contributed by atoms with Gasteiger partial charge in [-0.05, 0) is 25.2 Å². The van der Waals surface area contributed by atoms with Crippen LogP contribution in [0.2, 0.25) is 0 Å². The van der Waals surface area contributed by atoms with Crippen LogP contribution in [0.4, 0.5) is 0 Å². The summed E-state index contributed by atoms with van der Waals surface area (Å²) >= 11 is 2.00. The molecule has 0 aromatic rings. The predicted molar refractivity (Wildman–Crippen MR) is 87.3 cm³/mol. The lowest BCUT2D eigenvalue weighted by atomic mass is 9.95. The SMILES string of the molecule is I.NC(=NCC1CC=CCC1)N1CCSCC1. The lowest BCUT2D eigenvalue weighted by Crippen LogP contribution is -2.42. The number of nitrogens with zero attached hydrogens (tertiary/aromatic N) is 2. The van der Waals surface area contributed by atoms with Crippen LogP contribution in [-0.4, -0.2) is 42.0 Å². The van der Waals surface area contributed by atoms with E-state index in [1.807, 2.05) is 11.8 Å². The molecule has 2 rings (SSSR count). The zero-order valence-electron chi connectivity index (χ0n) is 10.2. The average molecular weight is 367 g/mol. The standard InChI is InChI=1S/C12H21N3S.HI/c13-12(15-6-8-16-9-7-15)14-10-11-4-2-1-3-5-11;/h1-2,11H,3-10H2,(H2,13,14);1H. The van der Waals surface area contributed by atoms with Crippen molar-refractivity contribution in [3.8, 4) is 0 Å². The number of aliphatic imine (C=N–C) groups is 1. The summed E-state index contributed by atoms with van der Waals surface area (Å²) in [5.41, 5.74) is 6.01. The second-order valence-corrected chi connectivity index (χ2v) is 5.67. The van der Waals surface area contributed by atoms with Crippen LogP contribution in [0.15, 0.2) is 17.1 Å². The third-order valence-corrected chi connectivity index (χ3v) is 4.17. The maximum Gasteiger partial charge on any atom is 0.191 e. The highest BCUT2D eigenvalue weighted by molar-refractivity contribution is 14.0. The molecule has 0 aromatic carbocycles. The first-order valence-electron chi connectivity index (χ1n) is 6.14. The fraction of sp³-hybridized carbons (Fsp3) is 0.750. The number of nitrogens with two attached hydrogens (primary N) is 1. The Labute approximate surface area is 125 Å². The summed E-state index contributed by atoms with van der Waals surface area (Å²) in [5, 5.41) is 0. The van der Waals surface area contributed by atoms with Crippen LogP contribution in [0.1, 0.15) is 19.3 Å². The molecule has 0 saturated carbocycles. The Morgan fingerprint density at radius 2 is 2.12 bits per heavy atom. The van der Waals surface area contributed by atoms with E-state index >= 15 is 0 Å². The summed E-state index contributed by atoms with van der Waals surface area (Å²) < 4.78 is 0. The highest BCUT2D eigenvalue weighted by atomic mass is 127. The van der Waals surface area contributed by atoms with E-state index in [-0.39, 0.29) is 24.0 Å². The Bertz CT molecular complexity index is 275. The second kappa shape index (κ2) is 8.24. The minimum atomic E-state index is 0. The molecule has 1 atom stereocenters. The van der Waals surface area contributed by atoms with Crippen LogP contribution in [0.3, 0.4) is 0 Å². The van der Waals surface area contributed by atoms with E-state index in [2.05, 4.69) is 22.0 Å². The van der Waals surface area contributed by atoms with Gasteiger partial charge in [0.05, 0.1) is 0 Å². The van der Waals surface area contributed by atoms with Gasteiger partial charge in [-0.25, -0.2) is 0 Å². The predicted octanol–water partition coefficient (Wildman–Crippen LogP) is 2.32. The van der Waals surface area contributed by atoms with Crippen LogP contribution in [0, 0.1) is 5.92 Å². The van der Waals surface area contributed by atoms with Crippen LogP contribution < -0.4 is 5.73 Å². The van der Waals surface area contributed by atoms with Gasteiger partial charge in [0, 0.05) is 31.1 Å². The van der Waals surface area contributed by atoms with E-state index in [0.29, 0.717) is 5.92 Å². The van der Waals surface area contributed by atoms with Gasteiger partial charge in [-0.2, -0.15) is 11.8 Å². The van der Waals surface area contributed by atoms with Gasteiger partial charge in [-0.3, -0.25) is 4.99 Å². The summed E-state index contributed by atoms with van der Waals surface area (Å²) in [6.45, 7) is 3.02. The number of hydrogen-bond donors (Lipinski definition) is 1. The van der Waals surface area contributed by atoms with E-state index in [9.17, 15) is 0 Å². The molecule has 1 aliphatic carbocycles. The topological polar surface area (TPSA) is 41.6 Å². The van der Waals surface area contributed by atoms with Crippen LogP contribution in [0.5, 0.6) is 0 Å². The highest BCUT2D eigenvalue weighted by Gasteiger charge is 2.13. The summed E-state index contributed by atoms with van der Waals surface area (Å²) in [6, 6.07) is 0. The molecule has 0 spiro atoms. The third kappa shape index (κ3) is 5.07.